The maximum Gasteiger partial charge on any atom is 0.295 e. The van der Waals surface area contributed by atoms with Crippen LogP contribution in [0.15, 0.2) is 74.9 Å². The fraction of sp³-hybridized carbons (Fsp3) is 0.0455. The van der Waals surface area contributed by atoms with Crippen molar-refractivity contribution >= 4 is 38.3 Å². The molecule has 0 aliphatic rings. The molecule has 3 heterocycles. The first-order valence-corrected chi connectivity index (χ1v) is 10.9. The molecule has 2 aromatic carbocycles. The predicted molar refractivity (Wildman–Crippen MR) is 124 cm³/mol. The Kier molecular flexibility index (Phi) is 4.84. The summed E-state index contributed by atoms with van der Waals surface area (Å²) in [5.74, 6) is 0. The molecule has 0 unspecified atom stereocenters. The average molecular weight is 492 g/mol. The molecule has 0 radical (unpaired) electrons. The first kappa shape index (κ1) is 19.5. The molecule has 31 heavy (non-hydrogen) atoms. The largest absolute Gasteiger partial charge is 0.295 e. The van der Waals surface area contributed by atoms with Crippen molar-refractivity contribution in [3.63, 3.8) is 0 Å². The molecule has 0 saturated carbocycles. The summed E-state index contributed by atoms with van der Waals surface area (Å²) in [4.78, 5) is 28.9. The summed E-state index contributed by atoms with van der Waals surface area (Å²) in [7, 11) is 0. The molecular weight excluding hydrogens is 478 g/mol. The Hall–Kier alpha value is -3.43. The first-order valence-electron chi connectivity index (χ1n) is 9.33. The predicted octanol–water partition coefficient (Wildman–Crippen LogP) is 2.98. The van der Waals surface area contributed by atoms with Gasteiger partial charge >= 0.3 is 0 Å². The van der Waals surface area contributed by atoms with E-state index < -0.39 is 5.56 Å². The van der Waals surface area contributed by atoms with Crippen molar-refractivity contribution in [1.29, 1.82) is 0 Å². The van der Waals surface area contributed by atoms with Crippen molar-refractivity contribution < 1.29 is 0 Å². The fourth-order valence-corrected chi connectivity index (χ4v) is 4.33. The SMILES string of the molecule is Cc1nn2c(=O)c(=Cc3cn(-c4ccccc4)nc3-c3ccc(Br)cc3)sc2nc1=O. The lowest BCUT2D eigenvalue weighted by molar-refractivity contribution is 0.833. The third-order valence-electron chi connectivity index (χ3n) is 4.71. The number of fused-ring (bicyclic) bond motifs is 1. The summed E-state index contributed by atoms with van der Waals surface area (Å²) in [6.45, 7) is 1.54. The van der Waals surface area contributed by atoms with Gasteiger partial charge in [-0.1, -0.05) is 57.6 Å². The van der Waals surface area contributed by atoms with E-state index in [1.165, 1.54) is 11.4 Å². The normalized spacial score (nSPS) is 12.0. The van der Waals surface area contributed by atoms with Crippen LogP contribution >= 0.6 is 27.3 Å². The van der Waals surface area contributed by atoms with Crippen LogP contribution in [-0.4, -0.2) is 24.4 Å². The standard InChI is InChI=1S/C22H14BrN5O2S/c1-13-20(29)24-22-28(25-13)21(30)18(31-22)11-15-12-27(17-5-3-2-4-6-17)26-19(15)14-7-9-16(23)10-8-14/h2-12H,1H3. The molecule has 0 amide bonds. The smallest absolute Gasteiger partial charge is 0.266 e. The Balaban J connectivity index is 1.75. The second-order valence-electron chi connectivity index (χ2n) is 6.83. The molecule has 7 nitrogen and oxygen atoms in total. The molecule has 0 atom stereocenters. The van der Waals surface area contributed by atoms with E-state index in [-0.39, 0.29) is 16.2 Å². The minimum Gasteiger partial charge on any atom is -0.266 e. The van der Waals surface area contributed by atoms with Crippen molar-refractivity contribution in [2.45, 2.75) is 6.92 Å². The number of halogens is 1. The fourth-order valence-electron chi connectivity index (χ4n) is 3.17. The summed E-state index contributed by atoms with van der Waals surface area (Å²) in [6, 6.07) is 17.6. The number of para-hydroxylation sites is 1. The number of hydrogen-bond acceptors (Lipinski definition) is 6. The van der Waals surface area contributed by atoms with E-state index in [9.17, 15) is 9.59 Å². The van der Waals surface area contributed by atoms with Gasteiger partial charge in [-0.2, -0.15) is 19.7 Å². The molecular formula is C22H14BrN5O2S. The van der Waals surface area contributed by atoms with E-state index in [2.05, 4.69) is 26.0 Å². The van der Waals surface area contributed by atoms with Gasteiger partial charge in [0, 0.05) is 21.8 Å². The first-order chi connectivity index (χ1) is 15.0. The molecule has 0 N–H and O–H groups in total. The summed E-state index contributed by atoms with van der Waals surface area (Å²) in [6.07, 6.45) is 3.65. The Bertz CT molecular complexity index is 1590. The van der Waals surface area contributed by atoms with Gasteiger partial charge in [-0.05, 0) is 37.3 Å². The molecule has 5 aromatic rings. The molecule has 0 fully saturated rings. The minimum atomic E-state index is -0.430. The van der Waals surface area contributed by atoms with Crippen molar-refractivity contribution in [3.8, 4) is 16.9 Å². The van der Waals surface area contributed by atoms with Crippen LogP contribution in [0.5, 0.6) is 0 Å². The summed E-state index contributed by atoms with van der Waals surface area (Å²) in [5.41, 5.74) is 2.77. The highest BCUT2D eigenvalue weighted by Gasteiger charge is 2.13. The molecule has 0 aliphatic carbocycles. The number of nitrogens with zero attached hydrogens (tertiary/aromatic N) is 5. The summed E-state index contributed by atoms with van der Waals surface area (Å²) < 4.78 is 4.35. The molecule has 0 bridgehead atoms. The molecule has 9 heteroatoms. The van der Waals surface area contributed by atoms with Crippen LogP contribution in [0, 0.1) is 6.92 Å². The van der Waals surface area contributed by atoms with Crippen LogP contribution in [0.1, 0.15) is 11.3 Å². The van der Waals surface area contributed by atoms with Crippen LogP contribution < -0.4 is 15.7 Å². The maximum absolute atomic E-state index is 12.9. The van der Waals surface area contributed by atoms with Crippen molar-refractivity contribution in [1.82, 2.24) is 24.4 Å². The van der Waals surface area contributed by atoms with Gasteiger partial charge in [0.1, 0.15) is 5.69 Å². The summed E-state index contributed by atoms with van der Waals surface area (Å²) >= 11 is 4.59. The molecule has 5 rings (SSSR count). The van der Waals surface area contributed by atoms with E-state index in [4.69, 9.17) is 5.10 Å². The Morgan fingerprint density at radius 3 is 2.48 bits per heavy atom. The number of aryl methyl sites for hydroxylation is 1. The third-order valence-corrected chi connectivity index (χ3v) is 6.20. The number of thiazole rings is 1. The average Bonchev–Trinajstić information content (AvgIpc) is 3.32. The van der Waals surface area contributed by atoms with Gasteiger partial charge in [-0.25, -0.2) is 4.68 Å². The van der Waals surface area contributed by atoms with Crippen LogP contribution in [-0.2, 0) is 0 Å². The Labute approximate surface area is 188 Å². The molecule has 0 spiro atoms. The molecule has 3 aromatic heterocycles. The van der Waals surface area contributed by atoms with Crippen LogP contribution in [0.4, 0.5) is 0 Å². The molecule has 0 aliphatic heterocycles. The minimum absolute atomic E-state index is 0.186. The van der Waals surface area contributed by atoms with Crippen LogP contribution in [0.25, 0.3) is 28.0 Å². The van der Waals surface area contributed by atoms with E-state index in [1.807, 2.05) is 60.8 Å². The van der Waals surface area contributed by atoms with Gasteiger partial charge in [0.15, 0.2) is 0 Å². The van der Waals surface area contributed by atoms with E-state index >= 15 is 0 Å². The molecule has 152 valence electrons. The summed E-state index contributed by atoms with van der Waals surface area (Å²) in [5, 5.41) is 8.85. The topological polar surface area (TPSA) is 82.2 Å². The highest BCUT2D eigenvalue weighted by atomic mass is 79.9. The van der Waals surface area contributed by atoms with Crippen molar-refractivity contribution in [2.24, 2.45) is 0 Å². The van der Waals surface area contributed by atoms with Gasteiger partial charge in [0.2, 0.25) is 4.96 Å². The maximum atomic E-state index is 12.9. The Morgan fingerprint density at radius 1 is 1.00 bits per heavy atom. The lowest BCUT2D eigenvalue weighted by atomic mass is 10.1. The van der Waals surface area contributed by atoms with E-state index in [0.29, 0.717) is 4.53 Å². The lowest BCUT2D eigenvalue weighted by Crippen LogP contribution is -2.27. The zero-order valence-electron chi connectivity index (χ0n) is 16.2. The number of rotatable bonds is 3. The van der Waals surface area contributed by atoms with E-state index in [0.717, 1.165) is 38.3 Å². The highest BCUT2D eigenvalue weighted by molar-refractivity contribution is 9.10. The second-order valence-corrected chi connectivity index (χ2v) is 8.76. The van der Waals surface area contributed by atoms with Gasteiger partial charge in [-0.3, -0.25) is 9.59 Å². The lowest BCUT2D eigenvalue weighted by Gasteiger charge is -2.00. The van der Waals surface area contributed by atoms with Gasteiger partial charge in [0.25, 0.3) is 11.1 Å². The highest BCUT2D eigenvalue weighted by Crippen LogP contribution is 2.26. The van der Waals surface area contributed by atoms with Crippen LogP contribution in [0.2, 0.25) is 0 Å². The van der Waals surface area contributed by atoms with Gasteiger partial charge in [0.05, 0.1) is 15.9 Å². The zero-order valence-corrected chi connectivity index (χ0v) is 18.6. The number of benzene rings is 2. The number of hydrogen-bond donors (Lipinski definition) is 0. The monoisotopic (exact) mass is 491 g/mol. The third kappa shape index (κ3) is 3.62. The number of aromatic nitrogens is 5. The van der Waals surface area contributed by atoms with Crippen molar-refractivity contribution in [2.75, 3.05) is 0 Å². The Morgan fingerprint density at radius 2 is 1.74 bits per heavy atom. The second kappa shape index (κ2) is 7.68. The van der Waals surface area contributed by atoms with Crippen molar-refractivity contribution in [3.05, 3.63) is 102 Å². The zero-order chi connectivity index (χ0) is 21.5. The van der Waals surface area contributed by atoms with E-state index in [1.54, 1.807) is 10.8 Å². The van der Waals surface area contributed by atoms with Crippen LogP contribution in [0.3, 0.4) is 0 Å². The van der Waals surface area contributed by atoms with Gasteiger partial charge < -0.3 is 0 Å². The molecule has 0 saturated heterocycles. The quantitative estimate of drug-likeness (QED) is 0.387. The van der Waals surface area contributed by atoms with Gasteiger partial charge in [-0.15, -0.1) is 0 Å².